The molecule has 5 heteroatoms. The van der Waals surface area contributed by atoms with Gasteiger partial charge in [0.2, 0.25) is 0 Å². The zero-order chi connectivity index (χ0) is 16.0. The van der Waals surface area contributed by atoms with Gasteiger partial charge in [0.05, 0.1) is 5.92 Å². The molecule has 3 N–H and O–H groups in total. The Kier molecular flexibility index (Phi) is 6.49. The maximum absolute atomic E-state index is 11.8. The molecule has 5 nitrogen and oxygen atoms in total. The van der Waals surface area contributed by atoms with Gasteiger partial charge in [-0.2, -0.15) is 0 Å². The first-order valence-electron chi connectivity index (χ1n) is 8.04. The summed E-state index contributed by atoms with van der Waals surface area (Å²) in [5.74, 6) is -0.462. The largest absolute Gasteiger partial charge is 0.481 e. The van der Waals surface area contributed by atoms with Crippen molar-refractivity contribution in [3.8, 4) is 0 Å². The summed E-state index contributed by atoms with van der Waals surface area (Å²) < 4.78 is 0. The molecule has 1 rings (SSSR count). The van der Waals surface area contributed by atoms with E-state index in [-0.39, 0.29) is 18.0 Å². The van der Waals surface area contributed by atoms with Gasteiger partial charge in [-0.05, 0) is 43.9 Å². The van der Waals surface area contributed by atoms with Crippen molar-refractivity contribution >= 4 is 12.0 Å². The number of carboxylic acids is 1. The van der Waals surface area contributed by atoms with Crippen molar-refractivity contribution in [3.05, 3.63) is 0 Å². The first kappa shape index (κ1) is 17.8. The predicted octanol–water partition coefficient (Wildman–Crippen LogP) is 3.00. The van der Waals surface area contributed by atoms with Crippen molar-refractivity contribution in [2.24, 2.45) is 17.3 Å². The van der Waals surface area contributed by atoms with E-state index in [2.05, 4.69) is 24.5 Å². The van der Waals surface area contributed by atoms with Crippen LogP contribution in [0.15, 0.2) is 0 Å². The van der Waals surface area contributed by atoms with Crippen molar-refractivity contribution in [2.75, 3.05) is 6.54 Å². The number of hydrogen-bond donors (Lipinski definition) is 3. The normalized spacial score (nSPS) is 18.9. The van der Waals surface area contributed by atoms with E-state index in [0.717, 1.165) is 19.4 Å². The number of amides is 2. The van der Waals surface area contributed by atoms with Crippen molar-refractivity contribution in [3.63, 3.8) is 0 Å². The lowest BCUT2D eigenvalue weighted by molar-refractivity contribution is -0.141. The maximum atomic E-state index is 11.8. The Bertz CT molecular complexity index is 365. The summed E-state index contributed by atoms with van der Waals surface area (Å²) in [5, 5.41) is 14.7. The van der Waals surface area contributed by atoms with E-state index >= 15 is 0 Å². The quantitative estimate of drug-likeness (QED) is 0.612. The summed E-state index contributed by atoms with van der Waals surface area (Å²) in [6.45, 7) is 8.84. The molecule has 1 aliphatic rings. The van der Waals surface area contributed by atoms with Crippen LogP contribution in [-0.2, 0) is 4.79 Å². The van der Waals surface area contributed by atoms with Crippen molar-refractivity contribution in [2.45, 2.75) is 65.8 Å². The number of urea groups is 1. The standard InChI is InChI=1S/C16H30N2O3/c1-11(2)16(8-9-16)10-17-15(21)18-13(4)7-5-6-12(3)14(19)20/h11-13H,5-10H2,1-4H3,(H,19,20)(H2,17,18,21). The smallest absolute Gasteiger partial charge is 0.315 e. The van der Waals surface area contributed by atoms with Crippen molar-refractivity contribution in [1.82, 2.24) is 10.6 Å². The maximum Gasteiger partial charge on any atom is 0.315 e. The molecule has 0 aliphatic heterocycles. The van der Waals surface area contributed by atoms with Crippen LogP contribution in [0.1, 0.15) is 59.8 Å². The third-order valence-corrected chi connectivity index (χ3v) is 4.79. The van der Waals surface area contributed by atoms with E-state index in [4.69, 9.17) is 5.11 Å². The lowest BCUT2D eigenvalue weighted by atomic mass is 9.92. The van der Waals surface area contributed by atoms with Gasteiger partial charge < -0.3 is 15.7 Å². The topological polar surface area (TPSA) is 78.4 Å². The minimum Gasteiger partial charge on any atom is -0.481 e. The average molecular weight is 298 g/mol. The number of aliphatic carboxylic acids is 1. The highest BCUT2D eigenvalue weighted by Crippen LogP contribution is 2.51. The highest BCUT2D eigenvalue weighted by atomic mass is 16.4. The minimum atomic E-state index is -0.753. The van der Waals surface area contributed by atoms with E-state index < -0.39 is 5.97 Å². The van der Waals surface area contributed by atoms with Gasteiger partial charge in [0.1, 0.15) is 0 Å². The summed E-state index contributed by atoms with van der Waals surface area (Å²) in [6, 6.07) is -0.0408. The van der Waals surface area contributed by atoms with Crippen LogP contribution in [0.5, 0.6) is 0 Å². The lowest BCUT2D eigenvalue weighted by Crippen LogP contribution is -2.43. The average Bonchev–Trinajstić information content (AvgIpc) is 3.17. The molecule has 0 aromatic heterocycles. The van der Waals surface area contributed by atoms with Crippen LogP contribution in [0.25, 0.3) is 0 Å². The number of carbonyl (C=O) groups excluding carboxylic acids is 1. The van der Waals surface area contributed by atoms with Crippen LogP contribution >= 0.6 is 0 Å². The highest BCUT2D eigenvalue weighted by Gasteiger charge is 2.45. The van der Waals surface area contributed by atoms with Crippen LogP contribution in [0.2, 0.25) is 0 Å². The molecule has 0 saturated heterocycles. The second kappa shape index (κ2) is 7.66. The molecule has 0 aromatic carbocycles. The molecule has 2 atom stereocenters. The molecule has 122 valence electrons. The second-order valence-corrected chi connectivity index (χ2v) is 6.92. The summed E-state index contributed by atoms with van der Waals surface area (Å²) >= 11 is 0. The first-order chi connectivity index (χ1) is 9.77. The van der Waals surface area contributed by atoms with E-state index in [0.29, 0.717) is 17.8 Å². The molecular formula is C16H30N2O3. The molecule has 1 fully saturated rings. The summed E-state index contributed by atoms with van der Waals surface area (Å²) in [7, 11) is 0. The number of carbonyl (C=O) groups is 2. The van der Waals surface area contributed by atoms with Crippen LogP contribution in [0.4, 0.5) is 4.79 Å². The van der Waals surface area contributed by atoms with Gasteiger partial charge in [-0.15, -0.1) is 0 Å². The zero-order valence-electron chi connectivity index (χ0n) is 13.7. The predicted molar refractivity (Wildman–Crippen MR) is 83.2 cm³/mol. The Morgan fingerprint density at radius 1 is 1.14 bits per heavy atom. The molecule has 1 saturated carbocycles. The second-order valence-electron chi connectivity index (χ2n) is 6.92. The number of nitrogens with one attached hydrogen (secondary N) is 2. The zero-order valence-corrected chi connectivity index (χ0v) is 13.7. The Balaban J connectivity index is 2.15. The number of rotatable bonds is 9. The summed E-state index contributed by atoms with van der Waals surface area (Å²) in [4.78, 5) is 22.6. The van der Waals surface area contributed by atoms with Crippen LogP contribution in [0.3, 0.4) is 0 Å². The molecule has 0 spiro atoms. The fourth-order valence-corrected chi connectivity index (χ4v) is 2.58. The van der Waals surface area contributed by atoms with Gasteiger partial charge >= 0.3 is 12.0 Å². The van der Waals surface area contributed by atoms with Crippen LogP contribution < -0.4 is 10.6 Å². The summed E-state index contributed by atoms with van der Waals surface area (Å²) in [6.07, 6.45) is 4.67. The van der Waals surface area contributed by atoms with E-state index in [9.17, 15) is 9.59 Å². The molecule has 0 radical (unpaired) electrons. The van der Waals surface area contributed by atoms with Crippen LogP contribution in [0, 0.1) is 17.3 Å². The highest BCUT2D eigenvalue weighted by molar-refractivity contribution is 5.74. The van der Waals surface area contributed by atoms with E-state index in [1.807, 2.05) is 6.92 Å². The van der Waals surface area contributed by atoms with E-state index in [1.54, 1.807) is 6.92 Å². The minimum absolute atomic E-state index is 0.0696. The van der Waals surface area contributed by atoms with Crippen molar-refractivity contribution in [1.29, 1.82) is 0 Å². The van der Waals surface area contributed by atoms with Gasteiger partial charge in [-0.1, -0.05) is 27.2 Å². The molecule has 1 aliphatic carbocycles. The third kappa shape index (κ3) is 5.94. The molecule has 0 aromatic rings. The Hall–Kier alpha value is -1.26. The Morgan fingerprint density at radius 3 is 2.24 bits per heavy atom. The van der Waals surface area contributed by atoms with Gasteiger partial charge in [-0.25, -0.2) is 4.79 Å². The Morgan fingerprint density at radius 2 is 1.76 bits per heavy atom. The van der Waals surface area contributed by atoms with Gasteiger partial charge in [-0.3, -0.25) is 4.79 Å². The number of carboxylic acid groups (broad SMARTS) is 1. The molecule has 0 heterocycles. The fourth-order valence-electron chi connectivity index (χ4n) is 2.58. The molecule has 2 unspecified atom stereocenters. The Labute approximate surface area is 127 Å². The first-order valence-corrected chi connectivity index (χ1v) is 8.04. The summed E-state index contributed by atoms with van der Waals surface area (Å²) in [5.41, 5.74) is 0.317. The SMILES string of the molecule is CC(CCCC(C)C(=O)O)NC(=O)NCC1(C(C)C)CC1. The monoisotopic (exact) mass is 298 g/mol. The molecule has 0 bridgehead atoms. The van der Waals surface area contributed by atoms with Crippen molar-refractivity contribution < 1.29 is 14.7 Å². The number of hydrogen-bond acceptors (Lipinski definition) is 2. The molecular weight excluding hydrogens is 268 g/mol. The third-order valence-electron chi connectivity index (χ3n) is 4.79. The van der Waals surface area contributed by atoms with Gasteiger partial charge in [0.15, 0.2) is 0 Å². The van der Waals surface area contributed by atoms with E-state index in [1.165, 1.54) is 12.8 Å². The fraction of sp³-hybridized carbons (Fsp3) is 0.875. The molecule has 21 heavy (non-hydrogen) atoms. The van der Waals surface area contributed by atoms with Gasteiger partial charge in [0, 0.05) is 12.6 Å². The lowest BCUT2D eigenvalue weighted by Gasteiger charge is -2.21. The van der Waals surface area contributed by atoms with Crippen LogP contribution in [-0.4, -0.2) is 29.7 Å². The molecule has 2 amide bonds. The van der Waals surface area contributed by atoms with Gasteiger partial charge in [0.25, 0.3) is 0 Å².